The molecule has 1 heterocycles. The molecule has 0 saturated carbocycles. The molecule has 0 unspecified atom stereocenters. The van der Waals surface area contributed by atoms with Crippen molar-refractivity contribution < 1.29 is 4.79 Å². The van der Waals surface area contributed by atoms with Crippen LogP contribution in [0.4, 0.5) is 11.8 Å². The van der Waals surface area contributed by atoms with Crippen molar-refractivity contribution in [2.45, 2.75) is 6.92 Å². The molecular weight excluding hydrogens is 314 g/mol. The van der Waals surface area contributed by atoms with E-state index in [0.29, 0.717) is 29.6 Å². The summed E-state index contributed by atoms with van der Waals surface area (Å²) in [5.74, 6) is 1.25. The smallest absolute Gasteiger partial charge is 0.251 e. The standard InChI is InChI=1S/C16H20ClN5O/c1-11-10-14(22(2)3)21-16(20-11)19-9-8-18-15(23)12-4-6-13(17)7-5-12/h4-7,10H,8-9H2,1-3H3,(H,18,23)(H,19,20,21). The third kappa shape index (κ3) is 5.10. The number of amides is 1. The van der Waals surface area contributed by atoms with Crippen LogP contribution in [0.2, 0.25) is 5.02 Å². The molecule has 1 aromatic carbocycles. The van der Waals surface area contributed by atoms with Crippen molar-refractivity contribution in [2.24, 2.45) is 0 Å². The number of aromatic nitrogens is 2. The molecule has 2 aromatic rings. The van der Waals surface area contributed by atoms with Gasteiger partial charge in [0.25, 0.3) is 5.91 Å². The highest BCUT2D eigenvalue weighted by atomic mass is 35.5. The van der Waals surface area contributed by atoms with Crippen LogP contribution in [0.15, 0.2) is 30.3 Å². The Labute approximate surface area is 140 Å². The van der Waals surface area contributed by atoms with Crippen molar-refractivity contribution in [1.82, 2.24) is 15.3 Å². The molecule has 7 heteroatoms. The number of anilines is 2. The molecule has 0 bridgehead atoms. The molecule has 0 spiro atoms. The number of rotatable bonds is 6. The quantitative estimate of drug-likeness (QED) is 0.794. The Morgan fingerprint density at radius 2 is 1.87 bits per heavy atom. The van der Waals surface area contributed by atoms with Gasteiger partial charge in [0.05, 0.1) is 0 Å². The number of halogens is 1. The first-order chi connectivity index (χ1) is 11.0. The van der Waals surface area contributed by atoms with Crippen LogP contribution >= 0.6 is 11.6 Å². The number of benzene rings is 1. The summed E-state index contributed by atoms with van der Waals surface area (Å²) >= 11 is 5.80. The fraction of sp³-hybridized carbons (Fsp3) is 0.312. The molecule has 6 nitrogen and oxygen atoms in total. The summed E-state index contributed by atoms with van der Waals surface area (Å²) in [4.78, 5) is 22.6. The number of nitrogens with one attached hydrogen (secondary N) is 2. The highest BCUT2D eigenvalue weighted by Crippen LogP contribution is 2.12. The normalized spacial score (nSPS) is 10.3. The second kappa shape index (κ2) is 7.78. The van der Waals surface area contributed by atoms with Crippen LogP contribution in [0.25, 0.3) is 0 Å². The largest absolute Gasteiger partial charge is 0.363 e. The van der Waals surface area contributed by atoms with Gasteiger partial charge in [0, 0.05) is 49.5 Å². The number of hydrogen-bond donors (Lipinski definition) is 2. The molecule has 0 saturated heterocycles. The van der Waals surface area contributed by atoms with Crippen LogP contribution in [0, 0.1) is 6.92 Å². The van der Waals surface area contributed by atoms with Gasteiger partial charge < -0.3 is 15.5 Å². The maximum absolute atomic E-state index is 11.9. The first kappa shape index (κ1) is 17.0. The average molecular weight is 334 g/mol. The highest BCUT2D eigenvalue weighted by molar-refractivity contribution is 6.30. The molecular formula is C16H20ClN5O. The van der Waals surface area contributed by atoms with Gasteiger partial charge >= 0.3 is 0 Å². The summed E-state index contributed by atoms with van der Waals surface area (Å²) in [6.07, 6.45) is 0. The summed E-state index contributed by atoms with van der Waals surface area (Å²) < 4.78 is 0. The molecule has 122 valence electrons. The number of hydrogen-bond acceptors (Lipinski definition) is 5. The molecule has 0 aliphatic heterocycles. The lowest BCUT2D eigenvalue weighted by atomic mass is 10.2. The van der Waals surface area contributed by atoms with E-state index in [1.165, 1.54) is 0 Å². The zero-order chi connectivity index (χ0) is 16.8. The van der Waals surface area contributed by atoms with Gasteiger partial charge in [0.15, 0.2) is 0 Å². The molecule has 0 aliphatic carbocycles. The van der Waals surface area contributed by atoms with E-state index in [2.05, 4.69) is 20.6 Å². The first-order valence-corrected chi connectivity index (χ1v) is 7.64. The van der Waals surface area contributed by atoms with E-state index in [4.69, 9.17) is 11.6 Å². The maximum Gasteiger partial charge on any atom is 0.251 e. The summed E-state index contributed by atoms with van der Waals surface area (Å²) in [7, 11) is 3.86. The molecule has 0 aliphatic rings. The molecule has 23 heavy (non-hydrogen) atoms. The lowest BCUT2D eigenvalue weighted by Crippen LogP contribution is -2.29. The van der Waals surface area contributed by atoms with E-state index in [1.54, 1.807) is 24.3 Å². The van der Waals surface area contributed by atoms with Crippen molar-refractivity contribution in [3.63, 3.8) is 0 Å². The van der Waals surface area contributed by atoms with Gasteiger partial charge in [-0.2, -0.15) is 4.98 Å². The summed E-state index contributed by atoms with van der Waals surface area (Å²) in [5.41, 5.74) is 1.47. The molecule has 0 fully saturated rings. The number of nitrogens with zero attached hydrogens (tertiary/aromatic N) is 3. The molecule has 0 atom stereocenters. The fourth-order valence-corrected chi connectivity index (χ4v) is 2.04. The van der Waals surface area contributed by atoms with E-state index >= 15 is 0 Å². The first-order valence-electron chi connectivity index (χ1n) is 7.26. The zero-order valence-corrected chi connectivity index (χ0v) is 14.2. The van der Waals surface area contributed by atoms with Gasteiger partial charge in [-0.1, -0.05) is 11.6 Å². The number of carbonyl (C=O) groups excluding carboxylic acids is 1. The van der Waals surface area contributed by atoms with Crippen LogP contribution in [0.5, 0.6) is 0 Å². The Bertz CT molecular complexity index is 673. The SMILES string of the molecule is Cc1cc(N(C)C)nc(NCCNC(=O)c2ccc(Cl)cc2)n1. The van der Waals surface area contributed by atoms with Gasteiger partial charge in [-0.3, -0.25) is 4.79 Å². The van der Waals surface area contributed by atoms with Crippen LogP contribution in [-0.2, 0) is 0 Å². The van der Waals surface area contributed by atoms with Gasteiger partial charge in [0.1, 0.15) is 5.82 Å². The lowest BCUT2D eigenvalue weighted by Gasteiger charge is -2.14. The number of carbonyl (C=O) groups is 1. The summed E-state index contributed by atoms with van der Waals surface area (Å²) in [6.45, 7) is 2.92. The molecule has 0 radical (unpaired) electrons. The summed E-state index contributed by atoms with van der Waals surface area (Å²) in [6, 6.07) is 8.68. The van der Waals surface area contributed by atoms with E-state index in [9.17, 15) is 4.79 Å². The van der Waals surface area contributed by atoms with Crippen LogP contribution in [0.1, 0.15) is 16.1 Å². The van der Waals surface area contributed by atoms with Crippen LogP contribution in [-0.4, -0.2) is 43.1 Å². The maximum atomic E-state index is 11.9. The lowest BCUT2D eigenvalue weighted by molar-refractivity contribution is 0.0955. The van der Waals surface area contributed by atoms with Crippen molar-refractivity contribution in [1.29, 1.82) is 0 Å². The fourth-order valence-electron chi connectivity index (χ4n) is 1.91. The Kier molecular flexibility index (Phi) is 5.76. The minimum absolute atomic E-state index is 0.136. The van der Waals surface area contributed by atoms with E-state index in [-0.39, 0.29) is 5.91 Å². The van der Waals surface area contributed by atoms with Crippen molar-refractivity contribution in [2.75, 3.05) is 37.4 Å². The number of aryl methyl sites for hydroxylation is 1. The molecule has 1 aromatic heterocycles. The predicted octanol–water partition coefficient (Wildman–Crippen LogP) is 2.35. The average Bonchev–Trinajstić information content (AvgIpc) is 2.51. The third-order valence-electron chi connectivity index (χ3n) is 3.10. The molecule has 2 rings (SSSR count). The zero-order valence-electron chi connectivity index (χ0n) is 13.4. The van der Waals surface area contributed by atoms with Crippen LogP contribution in [0.3, 0.4) is 0 Å². The highest BCUT2D eigenvalue weighted by Gasteiger charge is 2.06. The van der Waals surface area contributed by atoms with Crippen molar-refractivity contribution in [3.05, 3.63) is 46.6 Å². The minimum atomic E-state index is -0.136. The van der Waals surface area contributed by atoms with E-state index in [1.807, 2.05) is 32.0 Å². The topological polar surface area (TPSA) is 70.2 Å². The Morgan fingerprint density at radius 1 is 1.17 bits per heavy atom. The Morgan fingerprint density at radius 3 is 2.52 bits per heavy atom. The monoisotopic (exact) mass is 333 g/mol. The van der Waals surface area contributed by atoms with E-state index < -0.39 is 0 Å². The Hall–Kier alpha value is -2.34. The van der Waals surface area contributed by atoms with Crippen LogP contribution < -0.4 is 15.5 Å². The van der Waals surface area contributed by atoms with Gasteiger partial charge in [-0.15, -0.1) is 0 Å². The predicted molar refractivity (Wildman–Crippen MR) is 93.4 cm³/mol. The third-order valence-corrected chi connectivity index (χ3v) is 3.35. The molecule has 1 amide bonds. The van der Waals surface area contributed by atoms with Gasteiger partial charge in [0.2, 0.25) is 5.95 Å². The van der Waals surface area contributed by atoms with E-state index in [0.717, 1.165) is 11.5 Å². The molecule has 2 N–H and O–H groups in total. The summed E-state index contributed by atoms with van der Waals surface area (Å²) in [5, 5.41) is 6.55. The second-order valence-corrected chi connectivity index (χ2v) is 5.71. The second-order valence-electron chi connectivity index (χ2n) is 5.28. The van der Waals surface area contributed by atoms with Crippen molar-refractivity contribution in [3.8, 4) is 0 Å². The Balaban J connectivity index is 1.83. The van der Waals surface area contributed by atoms with Crippen molar-refractivity contribution >= 4 is 29.3 Å². The van der Waals surface area contributed by atoms with Gasteiger partial charge in [-0.25, -0.2) is 4.98 Å². The van der Waals surface area contributed by atoms with Gasteiger partial charge in [-0.05, 0) is 31.2 Å². The minimum Gasteiger partial charge on any atom is -0.363 e.